The van der Waals surface area contributed by atoms with Gasteiger partial charge < -0.3 is 14.8 Å². The number of esters is 2. The van der Waals surface area contributed by atoms with E-state index in [4.69, 9.17) is 9.47 Å². The van der Waals surface area contributed by atoms with Crippen molar-refractivity contribution in [2.45, 2.75) is 42.6 Å². The molecule has 0 saturated heterocycles. The summed E-state index contributed by atoms with van der Waals surface area (Å²) in [7, 11) is 1.08. The molecule has 1 aliphatic heterocycles. The first-order valence-electron chi connectivity index (χ1n) is 10.5. The number of rotatable bonds is 7. The second-order valence-electron chi connectivity index (χ2n) is 7.79. The zero-order valence-corrected chi connectivity index (χ0v) is 19.9. The Morgan fingerprint density at radius 3 is 2.35 bits per heavy atom. The van der Waals surface area contributed by atoms with Crippen LogP contribution in [-0.2, 0) is 19.1 Å². The number of hydrogen-bond donors (Lipinski definition) is 1. The van der Waals surface area contributed by atoms with Crippen molar-refractivity contribution >= 4 is 23.7 Å². The van der Waals surface area contributed by atoms with E-state index >= 15 is 4.39 Å². The summed E-state index contributed by atoms with van der Waals surface area (Å²) in [5.41, 5.74) is -0.799. The molecule has 0 aliphatic carbocycles. The molecule has 0 saturated carbocycles. The second-order valence-corrected chi connectivity index (χ2v) is 8.91. The smallest absolute Gasteiger partial charge is 0.337 e. The second kappa shape index (κ2) is 10.8. The zero-order valence-electron chi connectivity index (χ0n) is 19.1. The highest BCUT2D eigenvalue weighted by molar-refractivity contribution is 7.99. The fourth-order valence-electron chi connectivity index (χ4n) is 3.70. The number of allylic oxidation sites excluding steroid dienone is 2. The fraction of sp³-hybridized carbons (Fsp3) is 0.280. The van der Waals surface area contributed by atoms with Crippen LogP contribution in [0.1, 0.15) is 32.3 Å². The molecule has 1 atom stereocenters. The Hall–Kier alpha value is -3.20. The number of alkyl halides is 1. The van der Waals surface area contributed by atoms with Gasteiger partial charge in [-0.25, -0.2) is 22.8 Å². The van der Waals surface area contributed by atoms with Gasteiger partial charge in [0.15, 0.2) is 0 Å². The van der Waals surface area contributed by atoms with Gasteiger partial charge in [0.25, 0.3) is 0 Å². The van der Waals surface area contributed by atoms with Gasteiger partial charge >= 0.3 is 11.9 Å². The Morgan fingerprint density at radius 2 is 1.76 bits per heavy atom. The first kappa shape index (κ1) is 25.4. The van der Waals surface area contributed by atoms with Crippen molar-refractivity contribution in [2.75, 3.05) is 13.8 Å². The molecular formula is C25H24F3NO4S. The lowest BCUT2D eigenvalue weighted by Gasteiger charge is -2.31. The highest BCUT2D eigenvalue weighted by Crippen LogP contribution is 2.43. The minimum atomic E-state index is -1.45. The van der Waals surface area contributed by atoms with Gasteiger partial charge in [-0.2, -0.15) is 0 Å². The summed E-state index contributed by atoms with van der Waals surface area (Å²) in [5.74, 6) is -4.90. The third-order valence-corrected chi connectivity index (χ3v) is 6.09. The molecule has 2 aromatic carbocycles. The van der Waals surface area contributed by atoms with E-state index in [-0.39, 0.29) is 33.0 Å². The molecule has 1 heterocycles. The molecule has 0 radical (unpaired) electrons. The lowest BCUT2D eigenvalue weighted by Crippen LogP contribution is -2.34. The van der Waals surface area contributed by atoms with Gasteiger partial charge in [0.05, 0.1) is 40.9 Å². The van der Waals surface area contributed by atoms with Gasteiger partial charge in [0.1, 0.15) is 18.3 Å². The van der Waals surface area contributed by atoms with Gasteiger partial charge in [0.2, 0.25) is 0 Å². The Balaban J connectivity index is 2.25. The Kier molecular flexibility index (Phi) is 8.09. The average Bonchev–Trinajstić information content (AvgIpc) is 2.80. The Bertz CT molecular complexity index is 1160. The lowest BCUT2D eigenvalue weighted by atomic mass is 9.80. The first-order chi connectivity index (χ1) is 16.2. The van der Waals surface area contributed by atoms with Crippen molar-refractivity contribution in [1.82, 2.24) is 5.32 Å². The summed E-state index contributed by atoms with van der Waals surface area (Å²) in [4.78, 5) is 26.3. The molecule has 1 unspecified atom stereocenters. The highest BCUT2D eigenvalue weighted by atomic mass is 32.2. The molecule has 0 bridgehead atoms. The molecule has 9 heteroatoms. The lowest BCUT2D eigenvalue weighted by molar-refractivity contribution is -0.143. The number of hydrogen-bond acceptors (Lipinski definition) is 6. The Labute approximate surface area is 200 Å². The molecule has 34 heavy (non-hydrogen) atoms. The van der Waals surface area contributed by atoms with Crippen LogP contribution in [0, 0.1) is 11.6 Å². The summed E-state index contributed by atoms with van der Waals surface area (Å²) in [6.45, 7) is 3.61. The first-order valence-corrected chi connectivity index (χ1v) is 11.3. The summed E-state index contributed by atoms with van der Waals surface area (Å²) in [5, 5.41) is 2.69. The van der Waals surface area contributed by atoms with Crippen LogP contribution in [0.15, 0.2) is 74.8 Å². The maximum Gasteiger partial charge on any atom is 0.337 e. The van der Waals surface area contributed by atoms with Gasteiger partial charge in [0, 0.05) is 16.2 Å². The molecule has 1 N–H and O–H groups in total. The minimum Gasteiger partial charge on any atom is -0.466 e. The van der Waals surface area contributed by atoms with Gasteiger partial charge in [-0.05, 0) is 45.0 Å². The van der Waals surface area contributed by atoms with Crippen LogP contribution in [0.3, 0.4) is 0 Å². The third kappa shape index (κ3) is 5.30. The standard InChI is InChI=1S/C25H24F3NO4S/c1-13(2)33-25(31)20-14(3)29-18(12-26)22(24(30)32-4)21(20)17-10-15(27)11-19(23(17)28)34-16-8-6-5-7-9-16/h5-11,13,21,29H,12H2,1-4H3. The van der Waals surface area contributed by atoms with Crippen molar-refractivity contribution < 1.29 is 32.2 Å². The number of benzene rings is 2. The van der Waals surface area contributed by atoms with Crippen molar-refractivity contribution in [3.05, 3.63) is 82.2 Å². The number of halogens is 3. The van der Waals surface area contributed by atoms with Crippen molar-refractivity contribution in [3.63, 3.8) is 0 Å². The number of ether oxygens (including phenoxy) is 2. The van der Waals surface area contributed by atoms with E-state index in [1.165, 1.54) is 6.92 Å². The highest BCUT2D eigenvalue weighted by Gasteiger charge is 2.41. The van der Waals surface area contributed by atoms with Crippen LogP contribution in [-0.4, -0.2) is 31.8 Å². The number of carbonyl (C=O) groups excluding carboxylic acids is 2. The summed E-state index contributed by atoms with van der Waals surface area (Å²) >= 11 is 0.980. The van der Waals surface area contributed by atoms with Gasteiger partial charge in [-0.15, -0.1) is 0 Å². The van der Waals surface area contributed by atoms with E-state index in [0.717, 1.165) is 31.0 Å². The summed E-state index contributed by atoms with van der Waals surface area (Å²) in [6.07, 6.45) is -0.525. The van der Waals surface area contributed by atoms with E-state index in [0.29, 0.717) is 4.90 Å². The number of dihydropyridines is 1. The molecule has 3 rings (SSSR count). The molecule has 0 spiro atoms. The number of carbonyl (C=O) groups is 2. The molecule has 1 aliphatic rings. The molecule has 0 amide bonds. The van der Waals surface area contributed by atoms with Crippen LogP contribution in [0.4, 0.5) is 13.2 Å². The molecule has 0 fully saturated rings. The quantitative estimate of drug-likeness (QED) is 0.522. The maximum atomic E-state index is 15.9. The third-order valence-electron chi connectivity index (χ3n) is 5.06. The van der Waals surface area contributed by atoms with E-state index in [9.17, 15) is 18.4 Å². The number of methoxy groups -OCH3 is 1. The molecule has 2 aromatic rings. The van der Waals surface area contributed by atoms with E-state index in [2.05, 4.69) is 5.32 Å². The normalized spacial score (nSPS) is 15.9. The van der Waals surface area contributed by atoms with Gasteiger partial charge in [-0.1, -0.05) is 30.0 Å². The van der Waals surface area contributed by atoms with Crippen LogP contribution in [0.2, 0.25) is 0 Å². The van der Waals surface area contributed by atoms with E-state index < -0.39 is 42.3 Å². The summed E-state index contributed by atoms with van der Waals surface area (Å²) < 4.78 is 54.7. The number of nitrogens with one attached hydrogen (secondary N) is 1. The maximum absolute atomic E-state index is 15.9. The topological polar surface area (TPSA) is 64.6 Å². The predicted octanol–water partition coefficient (Wildman–Crippen LogP) is 5.43. The van der Waals surface area contributed by atoms with Crippen molar-refractivity contribution in [3.8, 4) is 0 Å². The van der Waals surface area contributed by atoms with Crippen molar-refractivity contribution in [1.29, 1.82) is 0 Å². The largest absolute Gasteiger partial charge is 0.466 e. The van der Waals surface area contributed by atoms with Gasteiger partial charge in [-0.3, -0.25) is 0 Å². The monoisotopic (exact) mass is 491 g/mol. The van der Waals surface area contributed by atoms with Crippen LogP contribution < -0.4 is 5.32 Å². The van der Waals surface area contributed by atoms with Crippen molar-refractivity contribution in [2.24, 2.45) is 0 Å². The van der Waals surface area contributed by atoms with E-state index in [1.54, 1.807) is 44.2 Å². The zero-order chi connectivity index (χ0) is 25.0. The van der Waals surface area contributed by atoms with Crippen LogP contribution in [0.25, 0.3) is 0 Å². The SMILES string of the molecule is COC(=O)C1=C(CF)NC(C)=C(C(=O)OC(C)C)C1c1cc(F)cc(Sc2ccccc2)c1F. The Morgan fingerprint density at radius 1 is 1.09 bits per heavy atom. The molecule has 5 nitrogen and oxygen atoms in total. The van der Waals surface area contributed by atoms with E-state index in [1.807, 2.05) is 0 Å². The minimum absolute atomic E-state index is 0.0556. The van der Waals surface area contributed by atoms with Crippen LogP contribution >= 0.6 is 11.8 Å². The predicted molar refractivity (Wildman–Crippen MR) is 122 cm³/mol. The van der Waals surface area contributed by atoms with Crippen LogP contribution in [0.5, 0.6) is 0 Å². The molecule has 180 valence electrons. The molecule has 0 aromatic heterocycles. The average molecular weight is 492 g/mol. The summed E-state index contributed by atoms with van der Waals surface area (Å²) in [6, 6.07) is 10.7. The molecular weight excluding hydrogens is 467 g/mol. The fourth-order valence-corrected chi connectivity index (χ4v) is 4.62.